The van der Waals surface area contributed by atoms with Gasteiger partial charge in [-0.2, -0.15) is 0 Å². The van der Waals surface area contributed by atoms with Crippen LogP contribution in [0, 0.1) is 0 Å². The van der Waals surface area contributed by atoms with Gasteiger partial charge in [-0.05, 0) is 18.6 Å². The lowest BCUT2D eigenvalue weighted by atomic mass is 10.3. The van der Waals surface area contributed by atoms with Crippen molar-refractivity contribution in [2.24, 2.45) is 5.73 Å². The molecule has 7 heteroatoms. The van der Waals surface area contributed by atoms with E-state index in [9.17, 15) is 14.7 Å². The average molecular weight is 251 g/mol. The van der Waals surface area contributed by atoms with Crippen LogP contribution < -0.4 is 10.5 Å². The second-order valence-electron chi connectivity index (χ2n) is 3.99. The number of aliphatic hydroxyl groups is 1. The lowest BCUT2D eigenvalue weighted by Crippen LogP contribution is -2.30. The standard InChI is InChI=1S/C11H13N3O4/c12-11(17)18-8-1-2-9(13-5-8)10(16)14-4-3-7(15)6-14/h1-2,5,7,15H,3-4,6H2,(H2,12,17)/t7-/m1/s1. The highest BCUT2D eigenvalue weighted by molar-refractivity contribution is 5.92. The normalized spacial score (nSPS) is 18.7. The number of carbonyl (C=O) groups excluding carboxylic acids is 2. The van der Waals surface area contributed by atoms with E-state index in [1.807, 2.05) is 0 Å². The summed E-state index contributed by atoms with van der Waals surface area (Å²) in [4.78, 5) is 27.9. The summed E-state index contributed by atoms with van der Waals surface area (Å²) in [6.07, 6.45) is 0.434. The maximum Gasteiger partial charge on any atom is 0.410 e. The quantitative estimate of drug-likeness (QED) is 0.753. The highest BCUT2D eigenvalue weighted by Crippen LogP contribution is 2.14. The molecule has 1 aromatic heterocycles. The predicted octanol–water partition coefficient (Wildman–Crippen LogP) is -0.254. The Kier molecular flexibility index (Phi) is 3.42. The van der Waals surface area contributed by atoms with Crippen LogP contribution in [0.1, 0.15) is 16.9 Å². The third-order valence-corrected chi connectivity index (χ3v) is 2.62. The molecule has 0 aliphatic carbocycles. The van der Waals surface area contributed by atoms with E-state index in [0.29, 0.717) is 19.5 Å². The van der Waals surface area contributed by atoms with Gasteiger partial charge in [0.15, 0.2) is 5.75 Å². The summed E-state index contributed by atoms with van der Waals surface area (Å²) < 4.78 is 4.60. The molecule has 7 nitrogen and oxygen atoms in total. The summed E-state index contributed by atoms with van der Waals surface area (Å²) in [5, 5.41) is 9.35. The summed E-state index contributed by atoms with van der Waals surface area (Å²) in [6.45, 7) is 0.835. The van der Waals surface area contributed by atoms with E-state index < -0.39 is 12.2 Å². The number of amides is 2. The maximum absolute atomic E-state index is 11.9. The summed E-state index contributed by atoms with van der Waals surface area (Å²) >= 11 is 0. The molecule has 2 rings (SSSR count). The van der Waals surface area contributed by atoms with E-state index >= 15 is 0 Å². The van der Waals surface area contributed by atoms with Crippen LogP contribution in [0.2, 0.25) is 0 Å². The Balaban J connectivity index is 2.05. The van der Waals surface area contributed by atoms with Gasteiger partial charge in [-0.15, -0.1) is 0 Å². The molecule has 96 valence electrons. The van der Waals surface area contributed by atoms with Crippen molar-refractivity contribution < 1.29 is 19.4 Å². The maximum atomic E-state index is 11.9. The number of nitrogens with two attached hydrogens (primary N) is 1. The highest BCUT2D eigenvalue weighted by atomic mass is 16.5. The van der Waals surface area contributed by atoms with Crippen LogP contribution in [0.5, 0.6) is 5.75 Å². The van der Waals surface area contributed by atoms with Gasteiger partial charge in [0, 0.05) is 13.1 Å². The van der Waals surface area contributed by atoms with E-state index in [-0.39, 0.29) is 17.4 Å². The van der Waals surface area contributed by atoms with E-state index in [1.54, 1.807) is 0 Å². The lowest BCUT2D eigenvalue weighted by molar-refractivity contribution is 0.0759. The van der Waals surface area contributed by atoms with Gasteiger partial charge in [0.05, 0.1) is 12.3 Å². The van der Waals surface area contributed by atoms with Crippen molar-refractivity contribution in [3.63, 3.8) is 0 Å². The number of pyridine rings is 1. The minimum atomic E-state index is -0.932. The number of β-amino-alcohol motifs (C(OH)–C–C–N with tert-alkyl or cyclic N) is 1. The van der Waals surface area contributed by atoms with E-state index in [2.05, 4.69) is 9.72 Å². The molecule has 2 amide bonds. The Hall–Kier alpha value is -2.15. The van der Waals surface area contributed by atoms with Crippen LogP contribution in [-0.4, -0.2) is 46.2 Å². The SMILES string of the molecule is NC(=O)Oc1ccc(C(=O)N2CC[C@@H](O)C2)nc1. The number of nitrogens with zero attached hydrogens (tertiary/aromatic N) is 2. The molecule has 1 fully saturated rings. The number of rotatable bonds is 2. The Bertz CT molecular complexity index is 460. The van der Waals surface area contributed by atoms with Gasteiger partial charge in [0.25, 0.3) is 5.91 Å². The number of aliphatic hydroxyl groups excluding tert-OH is 1. The van der Waals surface area contributed by atoms with E-state index in [4.69, 9.17) is 5.73 Å². The number of hydrogen-bond donors (Lipinski definition) is 2. The monoisotopic (exact) mass is 251 g/mol. The first kappa shape index (κ1) is 12.3. The molecule has 1 atom stereocenters. The van der Waals surface area contributed by atoms with Crippen molar-refractivity contribution in [2.75, 3.05) is 13.1 Å². The van der Waals surface area contributed by atoms with Crippen molar-refractivity contribution in [3.8, 4) is 5.75 Å². The first-order valence-corrected chi connectivity index (χ1v) is 5.47. The Morgan fingerprint density at radius 2 is 2.28 bits per heavy atom. The minimum absolute atomic E-state index is 0.181. The van der Waals surface area contributed by atoms with Gasteiger partial charge in [0.2, 0.25) is 0 Å². The van der Waals surface area contributed by atoms with Gasteiger partial charge in [-0.3, -0.25) is 4.79 Å². The van der Waals surface area contributed by atoms with Gasteiger partial charge >= 0.3 is 6.09 Å². The van der Waals surface area contributed by atoms with E-state index in [0.717, 1.165) is 0 Å². The van der Waals surface area contributed by atoms with Crippen LogP contribution in [0.15, 0.2) is 18.3 Å². The lowest BCUT2D eigenvalue weighted by Gasteiger charge is -2.14. The molecule has 0 unspecified atom stereocenters. The van der Waals surface area contributed by atoms with Crippen LogP contribution >= 0.6 is 0 Å². The smallest absolute Gasteiger partial charge is 0.409 e. The fourth-order valence-corrected chi connectivity index (χ4v) is 1.77. The third-order valence-electron chi connectivity index (χ3n) is 2.62. The molecule has 1 saturated heterocycles. The number of aromatic nitrogens is 1. The topological polar surface area (TPSA) is 106 Å². The van der Waals surface area contributed by atoms with Crippen molar-refractivity contribution >= 4 is 12.0 Å². The Labute approximate surface area is 103 Å². The summed E-state index contributed by atoms with van der Waals surface area (Å²) in [6, 6.07) is 2.89. The number of ether oxygens (including phenoxy) is 1. The first-order chi connectivity index (χ1) is 8.56. The van der Waals surface area contributed by atoms with Gasteiger partial charge in [-0.1, -0.05) is 0 Å². The van der Waals surface area contributed by atoms with Crippen molar-refractivity contribution in [2.45, 2.75) is 12.5 Å². The highest BCUT2D eigenvalue weighted by Gasteiger charge is 2.26. The molecule has 0 radical (unpaired) electrons. The van der Waals surface area contributed by atoms with Crippen molar-refractivity contribution in [1.82, 2.24) is 9.88 Å². The Morgan fingerprint density at radius 1 is 1.50 bits per heavy atom. The third kappa shape index (κ3) is 2.75. The number of likely N-dealkylation sites (tertiary alicyclic amines) is 1. The molecule has 0 bridgehead atoms. The minimum Gasteiger partial charge on any atom is -0.409 e. The van der Waals surface area contributed by atoms with Gasteiger partial charge < -0.3 is 20.5 Å². The molecule has 1 aliphatic rings. The fourth-order valence-electron chi connectivity index (χ4n) is 1.77. The number of primary amides is 1. The number of hydrogen-bond acceptors (Lipinski definition) is 5. The van der Waals surface area contributed by atoms with Crippen LogP contribution in [0.3, 0.4) is 0 Å². The van der Waals surface area contributed by atoms with Gasteiger partial charge in [0.1, 0.15) is 5.69 Å². The van der Waals surface area contributed by atoms with Crippen LogP contribution in [0.4, 0.5) is 4.79 Å². The molecule has 2 heterocycles. The molecule has 18 heavy (non-hydrogen) atoms. The molecule has 1 aliphatic heterocycles. The van der Waals surface area contributed by atoms with Crippen LogP contribution in [-0.2, 0) is 0 Å². The van der Waals surface area contributed by atoms with E-state index in [1.165, 1.54) is 23.2 Å². The van der Waals surface area contributed by atoms with Crippen molar-refractivity contribution in [1.29, 1.82) is 0 Å². The van der Waals surface area contributed by atoms with Gasteiger partial charge in [-0.25, -0.2) is 9.78 Å². The number of carbonyl (C=O) groups is 2. The summed E-state index contributed by atoms with van der Waals surface area (Å²) in [7, 11) is 0. The second-order valence-corrected chi connectivity index (χ2v) is 3.99. The summed E-state index contributed by atoms with van der Waals surface area (Å²) in [5.74, 6) is -0.0716. The second kappa shape index (κ2) is 5.01. The Morgan fingerprint density at radius 3 is 2.78 bits per heavy atom. The molecular formula is C11H13N3O4. The molecule has 1 aromatic rings. The fraction of sp³-hybridized carbons (Fsp3) is 0.364. The average Bonchev–Trinajstić information content (AvgIpc) is 2.75. The first-order valence-electron chi connectivity index (χ1n) is 5.47. The molecular weight excluding hydrogens is 238 g/mol. The zero-order valence-corrected chi connectivity index (χ0v) is 9.57. The largest absolute Gasteiger partial charge is 0.410 e. The van der Waals surface area contributed by atoms with Crippen LogP contribution in [0.25, 0.3) is 0 Å². The molecule has 3 N–H and O–H groups in total. The molecule has 0 saturated carbocycles. The zero-order valence-electron chi connectivity index (χ0n) is 9.57. The summed E-state index contributed by atoms with van der Waals surface area (Å²) in [5.41, 5.74) is 5.08. The molecule has 0 aromatic carbocycles. The molecule has 0 spiro atoms. The van der Waals surface area contributed by atoms with Crippen molar-refractivity contribution in [3.05, 3.63) is 24.0 Å². The predicted molar refractivity (Wildman–Crippen MR) is 61.0 cm³/mol. The zero-order chi connectivity index (χ0) is 13.1.